The average molecular weight is 316 g/mol. The standard InChI is InChI=1S/C13H18BrNO3/c1-10(2)9-18-15-13(16)7-8-17-12-5-3-11(14)4-6-12/h3-6,10H,7-9H2,1-2H3,(H,15,16). The molecule has 0 saturated heterocycles. The van der Waals surface area contributed by atoms with Crippen molar-refractivity contribution in [1.29, 1.82) is 0 Å². The molecule has 4 nitrogen and oxygen atoms in total. The van der Waals surface area contributed by atoms with Crippen LogP contribution >= 0.6 is 15.9 Å². The number of nitrogens with one attached hydrogen (secondary N) is 1. The van der Waals surface area contributed by atoms with E-state index in [1.54, 1.807) is 0 Å². The van der Waals surface area contributed by atoms with Gasteiger partial charge in [-0.05, 0) is 30.2 Å². The molecule has 0 unspecified atom stereocenters. The molecule has 1 amide bonds. The monoisotopic (exact) mass is 315 g/mol. The van der Waals surface area contributed by atoms with E-state index in [-0.39, 0.29) is 12.3 Å². The number of carbonyl (C=O) groups is 1. The maximum Gasteiger partial charge on any atom is 0.246 e. The van der Waals surface area contributed by atoms with Crippen molar-refractivity contribution in [3.05, 3.63) is 28.7 Å². The Morgan fingerprint density at radius 2 is 2.00 bits per heavy atom. The lowest BCUT2D eigenvalue weighted by Crippen LogP contribution is -2.26. The Morgan fingerprint density at radius 3 is 2.61 bits per heavy atom. The Kier molecular flexibility index (Phi) is 6.75. The van der Waals surface area contributed by atoms with Crippen molar-refractivity contribution in [2.24, 2.45) is 5.92 Å². The van der Waals surface area contributed by atoms with E-state index in [1.807, 2.05) is 38.1 Å². The minimum absolute atomic E-state index is 0.173. The molecule has 18 heavy (non-hydrogen) atoms. The summed E-state index contributed by atoms with van der Waals surface area (Å²) in [5.41, 5.74) is 2.38. The molecule has 0 heterocycles. The summed E-state index contributed by atoms with van der Waals surface area (Å²) in [6.07, 6.45) is 0.272. The van der Waals surface area contributed by atoms with Crippen molar-refractivity contribution in [2.45, 2.75) is 20.3 Å². The number of hydrogen-bond donors (Lipinski definition) is 1. The average Bonchev–Trinajstić information content (AvgIpc) is 2.31. The molecule has 0 aromatic heterocycles. The van der Waals surface area contributed by atoms with E-state index in [0.29, 0.717) is 19.1 Å². The largest absolute Gasteiger partial charge is 0.493 e. The number of benzene rings is 1. The highest BCUT2D eigenvalue weighted by Crippen LogP contribution is 2.16. The van der Waals surface area contributed by atoms with Crippen LogP contribution in [0.4, 0.5) is 0 Å². The second-order valence-corrected chi connectivity index (χ2v) is 5.20. The van der Waals surface area contributed by atoms with E-state index >= 15 is 0 Å². The second kappa shape index (κ2) is 8.11. The number of halogens is 1. The van der Waals surface area contributed by atoms with Crippen molar-refractivity contribution in [3.63, 3.8) is 0 Å². The Hall–Kier alpha value is -1.07. The van der Waals surface area contributed by atoms with Crippen molar-refractivity contribution in [2.75, 3.05) is 13.2 Å². The molecule has 1 aromatic rings. The molecular weight excluding hydrogens is 298 g/mol. The summed E-state index contributed by atoms with van der Waals surface area (Å²) in [6, 6.07) is 7.47. The van der Waals surface area contributed by atoms with Gasteiger partial charge in [-0.1, -0.05) is 29.8 Å². The summed E-state index contributed by atoms with van der Waals surface area (Å²) in [7, 11) is 0. The quantitative estimate of drug-likeness (QED) is 0.787. The third-order valence-corrected chi connectivity index (χ3v) is 2.54. The highest BCUT2D eigenvalue weighted by Gasteiger charge is 2.02. The molecule has 0 aliphatic heterocycles. The fourth-order valence-electron chi connectivity index (χ4n) is 1.13. The Balaban J connectivity index is 2.13. The van der Waals surface area contributed by atoms with E-state index < -0.39 is 0 Å². The van der Waals surface area contributed by atoms with E-state index in [4.69, 9.17) is 9.57 Å². The van der Waals surface area contributed by atoms with Crippen LogP contribution in [-0.2, 0) is 9.63 Å². The zero-order chi connectivity index (χ0) is 13.4. The second-order valence-electron chi connectivity index (χ2n) is 4.28. The van der Waals surface area contributed by atoms with Crippen LogP contribution in [0.15, 0.2) is 28.7 Å². The first-order valence-corrected chi connectivity index (χ1v) is 6.66. The predicted octanol–water partition coefficient (Wildman–Crippen LogP) is 2.92. The van der Waals surface area contributed by atoms with Gasteiger partial charge in [-0.3, -0.25) is 9.63 Å². The molecule has 1 rings (SSSR count). The maximum atomic E-state index is 11.3. The number of amides is 1. The van der Waals surface area contributed by atoms with Gasteiger partial charge in [-0.2, -0.15) is 0 Å². The van der Waals surface area contributed by atoms with Gasteiger partial charge >= 0.3 is 0 Å². The van der Waals surface area contributed by atoms with Gasteiger partial charge in [-0.15, -0.1) is 0 Å². The first-order valence-electron chi connectivity index (χ1n) is 5.87. The van der Waals surface area contributed by atoms with E-state index in [0.717, 1.165) is 10.2 Å². The fourth-order valence-corrected chi connectivity index (χ4v) is 1.40. The minimum atomic E-state index is -0.173. The van der Waals surface area contributed by atoms with Crippen molar-refractivity contribution in [1.82, 2.24) is 5.48 Å². The molecule has 0 fully saturated rings. The van der Waals surface area contributed by atoms with Gasteiger partial charge in [0.15, 0.2) is 0 Å². The lowest BCUT2D eigenvalue weighted by Gasteiger charge is -2.08. The predicted molar refractivity (Wildman–Crippen MR) is 73.2 cm³/mol. The molecule has 0 atom stereocenters. The minimum Gasteiger partial charge on any atom is -0.493 e. The molecule has 5 heteroatoms. The SMILES string of the molecule is CC(C)CONC(=O)CCOc1ccc(Br)cc1. The maximum absolute atomic E-state index is 11.3. The summed E-state index contributed by atoms with van der Waals surface area (Å²) >= 11 is 3.34. The van der Waals surface area contributed by atoms with E-state index in [2.05, 4.69) is 21.4 Å². The van der Waals surface area contributed by atoms with Crippen LogP contribution in [0.25, 0.3) is 0 Å². The highest BCUT2D eigenvalue weighted by atomic mass is 79.9. The number of carbonyl (C=O) groups excluding carboxylic acids is 1. The first-order chi connectivity index (χ1) is 8.58. The summed E-state index contributed by atoms with van der Waals surface area (Å²) in [5.74, 6) is 0.964. The molecule has 0 saturated carbocycles. The van der Waals surface area contributed by atoms with Gasteiger partial charge in [0.05, 0.1) is 19.6 Å². The van der Waals surface area contributed by atoms with Crippen LogP contribution in [0.2, 0.25) is 0 Å². The lowest BCUT2D eigenvalue weighted by atomic mass is 10.2. The van der Waals surface area contributed by atoms with Crippen LogP contribution in [0.5, 0.6) is 5.75 Å². The highest BCUT2D eigenvalue weighted by molar-refractivity contribution is 9.10. The Labute approximate surface area is 116 Å². The van der Waals surface area contributed by atoms with Crippen LogP contribution in [0.3, 0.4) is 0 Å². The van der Waals surface area contributed by atoms with Gasteiger partial charge in [0, 0.05) is 4.47 Å². The van der Waals surface area contributed by atoms with Crippen LogP contribution in [0.1, 0.15) is 20.3 Å². The molecule has 1 N–H and O–H groups in total. The molecule has 100 valence electrons. The lowest BCUT2D eigenvalue weighted by molar-refractivity contribution is -0.134. The van der Waals surface area contributed by atoms with E-state index in [9.17, 15) is 4.79 Å². The number of ether oxygens (including phenoxy) is 1. The third-order valence-electron chi connectivity index (χ3n) is 2.01. The molecule has 0 spiro atoms. The fraction of sp³-hybridized carbons (Fsp3) is 0.462. The van der Waals surface area contributed by atoms with Crippen LogP contribution in [-0.4, -0.2) is 19.1 Å². The third kappa shape index (κ3) is 6.61. The van der Waals surface area contributed by atoms with E-state index in [1.165, 1.54) is 0 Å². The van der Waals surface area contributed by atoms with Crippen LogP contribution < -0.4 is 10.2 Å². The number of hydrogen-bond acceptors (Lipinski definition) is 3. The molecular formula is C13H18BrNO3. The molecule has 0 radical (unpaired) electrons. The van der Waals surface area contributed by atoms with Crippen molar-refractivity contribution in [3.8, 4) is 5.75 Å². The topological polar surface area (TPSA) is 47.6 Å². The van der Waals surface area contributed by atoms with Gasteiger partial charge in [0.25, 0.3) is 0 Å². The number of rotatable bonds is 7. The van der Waals surface area contributed by atoms with Crippen molar-refractivity contribution >= 4 is 21.8 Å². The molecule has 0 bridgehead atoms. The molecule has 1 aromatic carbocycles. The Morgan fingerprint density at radius 1 is 1.33 bits per heavy atom. The summed E-state index contributed by atoms with van der Waals surface area (Å²) in [5, 5.41) is 0. The van der Waals surface area contributed by atoms with Gasteiger partial charge < -0.3 is 4.74 Å². The van der Waals surface area contributed by atoms with Gasteiger partial charge in [0.2, 0.25) is 5.91 Å². The summed E-state index contributed by atoms with van der Waals surface area (Å²) in [4.78, 5) is 16.4. The zero-order valence-corrected chi connectivity index (χ0v) is 12.2. The van der Waals surface area contributed by atoms with Crippen molar-refractivity contribution < 1.29 is 14.4 Å². The Bertz CT molecular complexity index is 365. The molecule has 0 aliphatic rings. The smallest absolute Gasteiger partial charge is 0.246 e. The number of hydroxylamine groups is 1. The van der Waals surface area contributed by atoms with Gasteiger partial charge in [0.1, 0.15) is 5.75 Å². The normalized spacial score (nSPS) is 10.4. The zero-order valence-electron chi connectivity index (χ0n) is 10.6. The van der Waals surface area contributed by atoms with Crippen LogP contribution in [0, 0.1) is 5.92 Å². The first kappa shape index (κ1) is 15.0. The molecule has 0 aliphatic carbocycles. The summed E-state index contributed by atoms with van der Waals surface area (Å²) in [6.45, 7) is 4.88. The summed E-state index contributed by atoms with van der Waals surface area (Å²) < 4.78 is 6.42. The van der Waals surface area contributed by atoms with Gasteiger partial charge in [-0.25, -0.2) is 5.48 Å².